The second kappa shape index (κ2) is 9.81. The Morgan fingerprint density at radius 2 is 1.56 bits per heavy atom. The van der Waals surface area contributed by atoms with Crippen LogP contribution in [0, 0.1) is 68.0 Å². The Hall–Kier alpha value is -1.39. The van der Waals surface area contributed by atoms with Crippen LogP contribution in [0.2, 0.25) is 0 Å². The molecule has 1 N–H and O–H groups in total. The van der Waals surface area contributed by atoms with Crippen molar-refractivity contribution in [1.29, 1.82) is 0 Å². The van der Waals surface area contributed by atoms with Gasteiger partial charge in [0.25, 0.3) is 0 Å². The predicted octanol–water partition coefficient (Wildman–Crippen LogP) is 8.34. The molecule has 0 radical (unpaired) electrons. The van der Waals surface area contributed by atoms with Crippen molar-refractivity contribution in [3.8, 4) is 0 Å². The number of carbonyl (C=O) groups excluding carboxylic acids is 2. The molecule has 5 rings (SSSR count). The van der Waals surface area contributed by atoms with E-state index in [4.69, 9.17) is 4.74 Å². The fourth-order valence-corrected chi connectivity index (χ4v) is 12.5. The van der Waals surface area contributed by atoms with E-state index in [1.165, 1.54) is 38.4 Å². The lowest BCUT2D eigenvalue weighted by molar-refractivity contribution is -0.249. The highest BCUT2D eigenvalue weighted by atomic mass is 16.5. The molecule has 5 aliphatic carbocycles. The Labute approximate surface area is 249 Å². The molecule has 41 heavy (non-hydrogen) atoms. The lowest BCUT2D eigenvalue weighted by Gasteiger charge is -2.72. The minimum absolute atomic E-state index is 0.0947. The second-order valence-corrected chi connectivity index (χ2v) is 17.7. The van der Waals surface area contributed by atoms with Crippen LogP contribution in [0.1, 0.15) is 133 Å². The average molecular weight is 571 g/mol. The fourth-order valence-electron chi connectivity index (χ4n) is 12.5. The van der Waals surface area contributed by atoms with Gasteiger partial charge in [-0.15, -0.1) is 0 Å². The molecule has 5 unspecified atom stereocenters. The van der Waals surface area contributed by atoms with E-state index >= 15 is 0 Å². The third-order valence-corrected chi connectivity index (χ3v) is 15.0. The van der Waals surface area contributed by atoms with Crippen LogP contribution in [-0.4, -0.2) is 29.4 Å². The number of rotatable bonds is 6. The summed E-state index contributed by atoms with van der Waals surface area (Å²) in [5, 5.41) is 9.52. The van der Waals surface area contributed by atoms with Crippen molar-refractivity contribution in [3.63, 3.8) is 0 Å². The number of fused-ring (bicyclic) bond motifs is 7. The number of carboxylic acid groups (broad SMARTS) is 1. The molecule has 5 fully saturated rings. The number of esters is 1. The summed E-state index contributed by atoms with van der Waals surface area (Å²) in [6.07, 6.45) is 12.4. The number of aliphatic carboxylic acids is 1. The van der Waals surface area contributed by atoms with Crippen LogP contribution in [0.5, 0.6) is 0 Å². The standard InChI is InChI=1S/C36H58O5/c1-22(2)23-12-17-36(21-37)19-18-34(8)24(29(23)36)10-11-26-33(7)15-14-27(41-28(38)20-31(3,4)30(39)40)32(5,6)25(33)13-16-35(26,34)9/h21-27,29H,10-20H2,1-9H3,(H,39,40)/t23?,24?,25?,26?,27-,29?,33-,34+,35+,36+/m0/s1. The third kappa shape index (κ3) is 4.31. The lowest BCUT2D eigenvalue weighted by Crippen LogP contribution is -2.67. The van der Waals surface area contributed by atoms with Gasteiger partial charge in [-0.05, 0) is 130 Å². The van der Waals surface area contributed by atoms with Crippen molar-refractivity contribution in [2.75, 3.05) is 0 Å². The monoisotopic (exact) mass is 570 g/mol. The van der Waals surface area contributed by atoms with Gasteiger partial charge >= 0.3 is 11.9 Å². The molecule has 5 heteroatoms. The molecule has 0 saturated heterocycles. The molecular formula is C36H58O5. The maximum Gasteiger partial charge on any atom is 0.309 e. The molecule has 0 amide bonds. The molecule has 0 aromatic carbocycles. The molecule has 0 spiro atoms. The number of carbonyl (C=O) groups is 3. The summed E-state index contributed by atoms with van der Waals surface area (Å²) in [4.78, 5) is 37.3. The Kier molecular flexibility index (Phi) is 7.43. The maximum absolute atomic E-state index is 12.9. The van der Waals surface area contributed by atoms with Gasteiger partial charge in [0.1, 0.15) is 12.4 Å². The molecule has 5 saturated carbocycles. The van der Waals surface area contributed by atoms with Gasteiger partial charge in [-0.25, -0.2) is 0 Å². The minimum atomic E-state index is -1.12. The van der Waals surface area contributed by atoms with Gasteiger partial charge in [0.2, 0.25) is 0 Å². The highest BCUT2D eigenvalue weighted by Gasteiger charge is 2.71. The van der Waals surface area contributed by atoms with Gasteiger partial charge in [-0.1, -0.05) is 48.5 Å². The Morgan fingerprint density at radius 3 is 2.17 bits per heavy atom. The summed E-state index contributed by atoms with van der Waals surface area (Å²) in [6, 6.07) is 0. The van der Waals surface area contributed by atoms with Gasteiger partial charge in [-0.2, -0.15) is 0 Å². The first-order valence-electron chi connectivity index (χ1n) is 16.8. The molecule has 0 aromatic rings. The van der Waals surface area contributed by atoms with E-state index in [9.17, 15) is 19.5 Å². The fraction of sp³-hybridized carbons (Fsp3) is 0.917. The van der Waals surface area contributed by atoms with E-state index in [1.807, 2.05) is 0 Å². The Bertz CT molecular complexity index is 1080. The quantitative estimate of drug-likeness (QED) is 0.256. The highest BCUT2D eigenvalue weighted by Crippen LogP contribution is 2.77. The Morgan fingerprint density at radius 1 is 0.878 bits per heavy atom. The molecule has 10 atom stereocenters. The van der Waals surface area contributed by atoms with Crippen LogP contribution in [0.3, 0.4) is 0 Å². The number of aldehydes is 1. The summed E-state index contributed by atoms with van der Waals surface area (Å²) in [5.41, 5.74) is -0.717. The van der Waals surface area contributed by atoms with Gasteiger partial charge in [0.05, 0.1) is 11.8 Å². The molecule has 0 heterocycles. The summed E-state index contributed by atoms with van der Waals surface area (Å²) in [6.45, 7) is 20.4. The zero-order valence-corrected chi connectivity index (χ0v) is 27.5. The minimum Gasteiger partial charge on any atom is -0.481 e. The molecule has 5 aliphatic rings. The Balaban J connectivity index is 1.41. The average Bonchev–Trinajstić information content (AvgIpc) is 3.26. The van der Waals surface area contributed by atoms with Crippen LogP contribution >= 0.6 is 0 Å². The molecular weight excluding hydrogens is 512 g/mol. The van der Waals surface area contributed by atoms with Gasteiger partial charge in [0, 0.05) is 10.8 Å². The molecule has 0 aromatic heterocycles. The van der Waals surface area contributed by atoms with Gasteiger partial charge < -0.3 is 14.6 Å². The van der Waals surface area contributed by atoms with Crippen LogP contribution in [0.4, 0.5) is 0 Å². The smallest absolute Gasteiger partial charge is 0.309 e. The molecule has 5 nitrogen and oxygen atoms in total. The number of hydrogen-bond acceptors (Lipinski definition) is 4. The van der Waals surface area contributed by atoms with E-state index < -0.39 is 11.4 Å². The third-order valence-electron chi connectivity index (χ3n) is 15.0. The first-order valence-corrected chi connectivity index (χ1v) is 16.8. The topological polar surface area (TPSA) is 80.7 Å². The van der Waals surface area contributed by atoms with Crippen LogP contribution in [0.15, 0.2) is 0 Å². The van der Waals surface area contributed by atoms with Crippen molar-refractivity contribution < 1.29 is 24.2 Å². The molecule has 232 valence electrons. The van der Waals surface area contributed by atoms with Crippen molar-refractivity contribution in [1.82, 2.24) is 0 Å². The van der Waals surface area contributed by atoms with Crippen molar-refractivity contribution in [3.05, 3.63) is 0 Å². The zero-order valence-electron chi connectivity index (χ0n) is 27.5. The lowest BCUT2D eigenvalue weighted by atomic mass is 9.32. The predicted molar refractivity (Wildman–Crippen MR) is 161 cm³/mol. The van der Waals surface area contributed by atoms with Crippen molar-refractivity contribution >= 4 is 18.2 Å². The SMILES string of the molecule is CC(C)C1CC[C@]2(C=O)CC[C@]3(C)C(CCC4[C@@]5(C)CC[C@H](OC(=O)CC(C)(C)C(=O)O)C(C)(C)C5CC[C@]43C)C12. The molecule has 0 bridgehead atoms. The van der Waals surface area contributed by atoms with E-state index in [0.29, 0.717) is 35.5 Å². The van der Waals surface area contributed by atoms with E-state index in [0.717, 1.165) is 32.1 Å². The van der Waals surface area contributed by atoms with Crippen molar-refractivity contribution in [2.24, 2.45) is 68.0 Å². The van der Waals surface area contributed by atoms with E-state index in [1.54, 1.807) is 13.8 Å². The summed E-state index contributed by atoms with van der Waals surface area (Å²) in [5.74, 6) is 2.18. The van der Waals surface area contributed by atoms with Crippen LogP contribution in [0.25, 0.3) is 0 Å². The first kappa shape index (κ1) is 31.0. The van der Waals surface area contributed by atoms with Crippen LogP contribution in [-0.2, 0) is 19.1 Å². The van der Waals surface area contributed by atoms with Crippen molar-refractivity contribution in [2.45, 2.75) is 139 Å². The van der Waals surface area contributed by atoms with Gasteiger partial charge in [0.15, 0.2) is 0 Å². The van der Waals surface area contributed by atoms with E-state index in [-0.39, 0.29) is 45.6 Å². The number of ether oxygens (including phenoxy) is 1. The number of hydrogen-bond donors (Lipinski definition) is 1. The summed E-state index contributed by atoms with van der Waals surface area (Å²) >= 11 is 0. The highest BCUT2D eigenvalue weighted by molar-refractivity contribution is 5.81. The maximum atomic E-state index is 12.9. The molecule has 0 aliphatic heterocycles. The summed E-state index contributed by atoms with van der Waals surface area (Å²) in [7, 11) is 0. The zero-order chi connectivity index (χ0) is 30.4. The summed E-state index contributed by atoms with van der Waals surface area (Å²) < 4.78 is 6.12. The first-order chi connectivity index (χ1) is 18.9. The second-order valence-electron chi connectivity index (χ2n) is 17.7. The van der Waals surface area contributed by atoms with Crippen LogP contribution < -0.4 is 0 Å². The van der Waals surface area contributed by atoms with E-state index in [2.05, 4.69) is 48.5 Å². The normalized spacial score (nSPS) is 47.0. The number of carboxylic acids is 1. The largest absolute Gasteiger partial charge is 0.481 e. The van der Waals surface area contributed by atoms with Gasteiger partial charge in [-0.3, -0.25) is 9.59 Å².